The van der Waals surface area contributed by atoms with Gasteiger partial charge >= 0.3 is 0 Å². The minimum atomic E-state index is -0.367. The second-order valence-corrected chi connectivity index (χ2v) is 3.10. The highest BCUT2D eigenvalue weighted by atomic mass is 16.5. The molecular formula is C8H12N4O3. The third kappa shape index (κ3) is 2.13. The summed E-state index contributed by atoms with van der Waals surface area (Å²) in [6.45, 7) is 2.03. The second kappa shape index (κ2) is 4.37. The van der Waals surface area contributed by atoms with Gasteiger partial charge in [-0.25, -0.2) is 0 Å². The maximum Gasteiger partial charge on any atom is 0.292 e. The summed E-state index contributed by atoms with van der Waals surface area (Å²) in [6.07, 6.45) is -0.260. The average Bonchev–Trinajstić information content (AvgIpc) is 2.78. The third-order valence-corrected chi connectivity index (χ3v) is 2.07. The zero-order chi connectivity index (χ0) is 10.7. The van der Waals surface area contributed by atoms with Crippen LogP contribution in [0.1, 0.15) is 22.6 Å². The molecule has 1 fully saturated rings. The SMILES string of the molecule is CNC(=O)c1noc(C2CNCCO2)n1. The van der Waals surface area contributed by atoms with Crippen LogP contribution in [0.25, 0.3) is 0 Å². The fourth-order valence-electron chi connectivity index (χ4n) is 1.29. The summed E-state index contributed by atoms with van der Waals surface area (Å²) in [6, 6.07) is 0. The molecule has 82 valence electrons. The molecule has 1 unspecified atom stereocenters. The lowest BCUT2D eigenvalue weighted by Gasteiger charge is -2.19. The number of hydrogen-bond donors (Lipinski definition) is 2. The van der Waals surface area contributed by atoms with Gasteiger partial charge in [-0.3, -0.25) is 4.79 Å². The summed E-state index contributed by atoms with van der Waals surface area (Å²) in [5.41, 5.74) is 0. The Balaban J connectivity index is 2.08. The molecule has 7 nitrogen and oxygen atoms in total. The molecule has 1 saturated heterocycles. The van der Waals surface area contributed by atoms with Crippen molar-refractivity contribution >= 4 is 5.91 Å². The number of nitrogens with one attached hydrogen (secondary N) is 2. The van der Waals surface area contributed by atoms with Crippen molar-refractivity contribution in [2.45, 2.75) is 6.10 Å². The number of ether oxygens (including phenoxy) is 1. The molecule has 0 radical (unpaired) electrons. The van der Waals surface area contributed by atoms with Gasteiger partial charge in [0.05, 0.1) is 6.61 Å². The van der Waals surface area contributed by atoms with Crippen molar-refractivity contribution in [3.05, 3.63) is 11.7 Å². The predicted octanol–water partition coefficient (Wildman–Crippen LogP) is -0.910. The van der Waals surface area contributed by atoms with E-state index >= 15 is 0 Å². The molecule has 1 aliphatic rings. The number of rotatable bonds is 2. The first kappa shape index (κ1) is 10.1. The molecule has 1 aromatic rings. The van der Waals surface area contributed by atoms with Gasteiger partial charge in [-0.05, 0) is 0 Å². The quantitative estimate of drug-likeness (QED) is 0.659. The molecule has 1 aliphatic heterocycles. The molecule has 7 heteroatoms. The number of hydrogen-bond acceptors (Lipinski definition) is 6. The van der Waals surface area contributed by atoms with Crippen molar-refractivity contribution in [3.8, 4) is 0 Å². The van der Waals surface area contributed by atoms with Crippen LogP contribution in [0.3, 0.4) is 0 Å². The average molecular weight is 212 g/mol. The maximum atomic E-state index is 11.2. The zero-order valence-electron chi connectivity index (χ0n) is 8.32. The molecular weight excluding hydrogens is 200 g/mol. The Kier molecular flexibility index (Phi) is 2.93. The summed E-state index contributed by atoms with van der Waals surface area (Å²) in [5.74, 6) is -0.00348. The molecule has 0 bridgehead atoms. The Hall–Kier alpha value is -1.47. The van der Waals surface area contributed by atoms with Crippen LogP contribution in [0.2, 0.25) is 0 Å². The highest BCUT2D eigenvalue weighted by Gasteiger charge is 2.23. The zero-order valence-corrected chi connectivity index (χ0v) is 8.32. The summed E-state index contributed by atoms with van der Waals surface area (Å²) in [5, 5.41) is 9.11. The maximum absolute atomic E-state index is 11.2. The van der Waals surface area contributed by atoms with Gasteiger partial charge in [0.15, 0.2) is 0 Å². The molecule has 1 atom stereocenters. The third-order valence-electron chi connectivity index (χ3n) is 2.07. The van der Waals surface area contributed by atoms with Gasteiger partial charge in [-0.15, -0.1) is 0 Å². The second-order valence-electron chi connectivity index (χ2n) is 3.10. The highest BCUT2D eigenvalue weighted by molar-refractivity contribution is 5.89. The van der Waals surface area contributed by atoms with Crippen LogP contribution < -0.4 is 10.6 Å². The van der Waals surface area contributed by atoms with E-state index in [9.17, 15) is 4.79 Å². The minimum absolute atomic E-state index is 0.0293. The van der Waals surface area contributed by atoms with Gasteiger partial charge in [-0.1, -0.05) is 5.16 Å². The number of nitrogens with zero attached hydrogens (tertiary/aromatic N) is 2. The van der Waals surface area contributed by atoms with Gasteiger partial charge in [-0.2, -0.15) is 4.98 Å². The van der Waals surface area contributed by atoms with Gasteiger partial charge in [0.25, 0.3) is 17.6 Å². The lowest BCUT2D eigenvalue weighted by atomic mass is 10.3. The van der Waals surface area contributed by atoms with Crippen LogP contribution in [-0.2, 0) is 4.74 Å². The summed E-state index contributed by atoms with van der Waals surface area (Å²) in [4.78, 5) is 15.1. The molecule has 15 heavy (non-hydrogen) atoms. The van der Waals surface area contributed by atoms with E-state index in [1.807, 2.05) is 0 Å². The van der Waals surface area contributed by atoms with Gasteiger partial charge in [0.1, 0.15) is 6.10 Å². The van der Waals surface area contributed by atoms with E-state index in [0.29, 0.717) is 19.0 Å². The normalized spacial score (nSPS) is 21.3. The largest absolute Gasteiger partial charge is 0.366 e. The lowest BCUT2D eigenvalue weighted by Crippen LogP contribution is -2.33. The molecule has 2 rings (SSSR count). The minimum Gasteiger partial charge on any atom is -0.366 e. The Morgan fingerprint density at radius 3 is 3.20 bits per heavy atom. The fraction of sp³-hybridized carbons (Fsp3) is 0.625. The van der Waals surface area contributed by atoms with Crippen LogP contribution >= 0.6 is 0 Å². The highest BCUT2D eigenvalue weighted by Crippen LogP contribution is 2.16. The van der Waals surface area contributed by atoms with Crippen molar-refractivity contribution in [2.75, 3.05) is 26.7 Å². The van der Waals surface area contributed by atoms with E-state index in [1.165, 1.54) is 7.05 Å². The predicted molar refractivity (Wildman–Crippen MR) is 49.3 cm³/mol. The summed E-state index contributed by atoms with van der Waals surface area (Å²) in [7, 11) is 1.51. The molecule has 0 aromatic carbocycles. The first-order chi connectivity index (χ1) is 7.31. The monoisotopic (exact) mass is 212 g/mol. The first-order valence-corrected chi connectivity index (χ1v) is 4.69. The molecule has 1 aromatic heterocycles. The van der Waals surface area contributed by atoms with Gasteiger partial charge in [0, 0.05) is 20.1 Å². The molecule has 2 heterocycles. The van der Waals surface area contributed by atoms with E-state index in [2.05, 4.69) is 20.8 Å². The molecule has 1 amide bonds. The first-order valence-electron chi connectivity index (χ1n) is 4.69. The topological polar surface area (TPSA) is 89.3 Å². The Morgan fingerprint density at radius 1 is 1.67 bits per heavy atom. The molecule has 0 saturated carbocycles. The van der Waals surface area contributed by atoms with E-state index in [1.54, 1.807) is 0 Å². The Labute approximate surface area is 86.2 Å². The van der Waals surface area contributed by atoms with E-state index in [-0.39, 0.29) is 17.8 Å². The van der Waals surface area contributed by atoms with Crippen LogP contribution in [-0.4, -0.2) is 42.8 Å². The number of aromatic nitrogens is 2. The summed E-state index contributed by atoms with van der Waals surface area (Å²) >= 11 is 0. The number of carbonyl (C=O) groups is 1. The van der Waals surface area contributed by atoms with Crippen molar-refractivity contribution < 1.29 is 14.1 Å². The fourth-order valence-corrected chi connectivity index (χ4v) is 1.29. The van der Waals surface area contributed by atoms with E-state index in [0.717, 1.165) is 6.54 Å². The standard InChI is InChI=1S/C8H12N4O3/c1-9-7(13)6-11-8(15-12-6)5-4-10-2-3-14-5/h5,10H,2-4H2,1H3,(H,9,13). The van der Waals surface area contributed by atoms with Gasteiger partial charge in [0.2, 0.25) is 0 Å². The molecule has 0 aliphatic carbocycles. The van der Waals surface area contributed by atoms with Crippen LogP contribution in [0, 0.1) is 0 Å². The van der Waals surface area contributed by atoms with Gasteiger partial charge < -0.3 is 19.9 Å². The molecule has 2 N–H and O–H groups in total. The van der Waals surface area contributed by atoms with Crippen LogP contribution in [0.15, 0.2) is 4.52 Å². The van der Waals surface area contributed by atoms with Crippen LogP contribution in [0.4, 0.5) is 0 Å². The van der Waals surface area contributed by atoms with Crippen molar-refractivity contribution in [1.82, 2.24) is 20.8 Å². The van der Waals surface area contributed by atoms with Crippen LogP contribution in [0.5, 0.6) is 0 Å². The summed E-state index contributed by atoms with van der Waals surface area (Å²) < 4.78 is 10.3. The Morgan fingerprint density at radius 2 is 2.53 bits per heavy atom. The lowest BCUT2D eigenvalue weighted by molar-refractivity contribution is 0.00755. The number of carbonyl (C=O) groups excluding carboxylic acids is 1. The van der Waals surface area contributed by atoms with Crippen molar-refractivity contribution in [2.24, 2.45) is 0 Å². The van der Waals surface area contributed by atoms with Crippen molar-refractivity contribution in [3.63, 3.8) is 0 Å². The smallest absolute Gasteiger partial charge is 0.292 e. The number of amides is 1. The number of morpholine rings is 1. The molecule has 0 spiro atoms. The van der Waals surface area contributed by atoms with E-state index < -0.39 is 0 Å². The van der Waals surface area contributed by atoms with E-state index in [4.69, 9.17) is 9.26 Å². The Bertz CT molecular complexity index is 345. The van der Waals surface area contributed by atoms with Crippen molar-refractivity contribution in [1.29, 1.82) is 0 Å².